The number of aromatic carboxylic acids is 1. The average molecular weight is 291 g/mol. The number of aromatic nitrogens is 1. The Morgan fingerprint density at radius 3 is 2.57 bits per heavy atom. The molecule has 6 nitrogen and oxygen atoms in total. The van der Waals surface area contributed by atoms with E-state index in [4.69, 9.17) is 5.11 Å². The molecule has 1 saturated heterocycles. The highest BCUT2D eigenvalue weighted by molar-refractivity contribution is 5.94. The summed E-state index contributed by atoms with van der Waals surface area (Å²) >= 11 is 0. The second kappa shape index (κ2) is 6.67. The minimum absolute atomic E-state index is 0.0514. The molecule has 0 bridgehead atoms. The minimum atomic E-state index is -1.09. The van der Waals surface area contributed by atoms with Crippen molar-refractivity contribution in [1.82, 2.24) is 14.8 Å². The van der Waals surface area contributed by atoms with Crippen molar-refractivity contribution in [3.8, 4) is 0 Å². The molecule has 0 radical (unpaired) electrons. The summed E-state index contributed by atoms with van der Waals surface area (Å²) in [7, 11) is 3.90. The summed E-state index contributed by atoms with van der Waals surface area (Å²) < 4.78 is 0. The van der Waals surface area contributed by atoms with E-state index in [0.717, 1.165) is 32.5 Å². The van der Waals surface area contributed by atoms with Crippen LogP contribution < -0.4 is 0 Å². The molecule has 21 heavy (non-hydrogen) atoms. The van der Waals surface area contributed by atoms with Crippen LogP contribution in [-0.2, 0) is 0 Å². The predicted octanol–water partition coefficient (Wildman–Crippen LogP) is 1.19. The first-order valence-electron chi connectivity index (χ1n) is 7.10. The smallest absolute Gasteiger partial charge is 0.354 e. The van der Waals surface area contributed by atoms with Crippen LogP contribution in [0.2, 0.25) is 0 Å². The minimum Gasteiger partial charge on any atom is -0.477 e. The van der Waals surface area contributed by atoms with Crippen LogP contribution in [0, 0.1) is 5.92 Å². The van der Waals surface area contributed by atoms with Crippen molar-refractivity contribution in [2.75, 3.05) is 33.7 Å². The second-order valence-electron chi connectivity index (χ2n) is 5.67. The lowest BCUT2D eigenvalue weighted by molar-refractivity contribution is 0.0687. The monoisotopic (exact) mass is 291 g/mol. The first-order valence-corrected chi connectivity index (χ1v) is 7.10. The van der Waals surface area contributed by atoms with Gasteiger partial charge < -0.3 is 14.9 Å². The molecule has 0 atom stereocenters. The van der Waals surface area contributed by atoms with E-state index in [0.29, 0.717) is 11.5 Å². The molecule has 0 aliphatic carbocycles. The molecular formula is C15H21N3O3. The van der Waals surface area contributed by atoms with Crippen LogP contribution >= 0.6 is 0 Å². The lowest BCUT2D eigenvalue weighted by Crippen LogP contribution is -2.38. The van der Waals surface area contributed by atoms with Crippen molar-refractivity contribution in [1.29, 1.82) is 0 Å². The van der Waals surface area contributed by atoms with Gasteiger partial charge in [-0.05, 0) is 51.0 Å². The lowest BCUT2D eigenvalue weighted by Gasteiger charge is -2.31. The van der Waals surface area contributed by atoms with Gasteiger partial charge in [-0.15, -0.1) is 0 Å². The zero-order chi connectivity index (χ0) is 15.4. The number of piperidine rings is 1. The van der Waals surface area contributed by atoms with Crippen LogP contribution in [0.3, 0.4) is 0 Å². The Morgan fingerprint density at radius 1 is 1.38 bits per heavy atom. The summed E-state index contributed by atoms with van der Waals surface area (Å²) in [4.78, 5) is 30.8. The topological polar surface area (TPSA) is 73.7 Å². The molecule has 6 heteroatoms. The number of hydrogen-bond acceptors (Lipinski definition) is 4. The Balaban J connectivity index is 1.94. The zero-order valence-electron chi connectivity index (χ0n) is 12.5. The number of amides is 1. The van der Waals surface area contributed by atoms with E-state index in [-0.39, 0.29) is 11.6 Å². The van der Waals surface area contributed by atoms with E-state index >= 15 is 0 Å². The van der Waals surface area contributed by atoms with Crippen LogP contribution in [0.15, 0.2) is 18.3 Å². The van der Waals surface area contributed by atoms with E-state index < -0.39 is 5.97 Å². The van der Waals surface area contributed by atoms with Gasteiger partial charge in [0.15, 0.2) is 0 Å². The third kappa shape index (κ3) is 4.01. The molecular weight excluding hydrogens is 270 g/mol. The number of pyridine rings is 1. The van der Waals surface area contributed by atoms with Gasteiger partial charge in [-0.2, -0.15) is 0 Å². The molecule has 1 aliphatic rings. The van der Waals surface area contributed by atoms with Crippen LogP contribution in [0.4, 0.5) is 0 Å². The largest absolute Gasteiger partial charge is 0.477 e. The molecule has 1 amide bonds. The fourth-order valence-electron chi connectivity index (χ4n) is 2.58. The number of carbonyl (C=O) groups excluding carboxylic acids is 1. The summed E-state index contributed by atoms with van der Waals surface area (Å²) in [5, 5.41) is 8.80. The Hall–Kier alpha value is -1.95. The molecule has 1 aliphatic heterocycles. The number of hydrogen-bond donors (Lipinski definition) is 1. The SMILES string of the molecule is CN1CCC(CN(C)C(=O)c2ccc(C(=O)O)nc2)CC1. The highest BCUT2D eigenvalue weighted by Crippen LogP contribution is 2.17. The standard InChI is InChI=1S/C15H21N3O3/c1-17-7-5-11(6-8-17)10-18(2)14(19)12-3-4-13(15(20)21)16-9-12/h3-4,9,11H,5-8,10H2,1-2H3,(H,20,21). The van der Waals surface area contributed by atoms with Gasteiger partial charge in [-0.1, -0.05) is 0 Å². The molecule has 0 spiro atoms. The van der Waals surface area contributed by atoms with Gasteiger partial charge >= 0.3 is 5.97 Å². The summed E-state index contributed by atoms with van der Waals surface area (Å²) in [5.41, 5.74) is 0.375. The highest BCUT2D eigenvalue weighted by Gasteiger charge is 2.21. The van der Waals surface area contributed by atoms with Crippen molar-refractivity contribution < 1.29 is 14.7 Å². The average Bonchev–Trinajstić information content (AvgIpc) is 2.49. The lowest BCUT2D eigenvalue weighted by atomic mass is 9.96. The van der Waals surface area contributed by atoms with Crippen LogP contribution in [0.25, 0.3) is 0 Å². The maximum Gasteiger partial charge on any atom is 0.354 e. The molecule has 0 unspecified atom stereocenters. The molecule has 2 rings (SSSR count). The van der Waals surface area contributed by atoms with Gasteiger partial charge in [0.05, 0.1) is 5.56 Å². The summed E-state index contributed by atoms with van der Waals surface area (Å²) in [6, 6.07) is 2.88. The number of likely N-dealkylation sites (tertiary alicyclic amines) is 1. The number of rotatable bonds is 4. The summed E-state index contributed by atoms with van der Waals surface area (Å²) in [5.74, 6) is -0.673. The number of carbonyl (C=O) groups is 2. The van der Waals surface area contributed by atoms with E-state index in [1.54, 1.807) is 11.9 Å². The Labute approximate surface area is 124 Å². The molecule has 0 saturated carbocycles. The van der Waals surface area contributed by atoms with Crippen molar-refractivity contribution in [2.24, 2.45) is 5.92 Å². The van der Waals surface area contributed by atoms with E-state index in [1.807, 2.05) is 0 Å². The molecule has 1 N–H and O–H groups in total. The molecule has 1 fully saturated rings. The van der Waals surface area contributed by atoms with Crippen molar-refractivity contribution in [3.63, 3.8) is 0 Å². The molecule has 1 aromatic heterocycles. The fraction of sp³-hybridized carbons (Fsp3) is 0.533. The van der Waals surface area contributed by atoms with E-state index in [2.05, 4.69) is 16.9 Å². The molecule has 1 aromatic rings. The van der Waals surface area contributed by atoms with Crippen LogP contribution in [0.5, 0.6) is 0 Å². The fourth-order valence-corrected chi connectivity index (χ4v) is 2.58. The maximum atomic E-state index is 12.3. The molecule has 114 valence electrons. The number of carboxylic acids is 1. The second-order valence-corrected chi connectivity index (χ2v) is 5.67. The van der Waals surface area contributed by atoms with Gasteiger partial charge in [0, 0.05) is 19.8 Å². The van der Waals surface area contributed by atoms with Crippen LogP contribution in [-0.4, -0.2) is 65.5 Å². The highest BCUT2D eigenvalue weighted by atomic mass is 16.4. The van der Waals surface area contributed by atoms with Crippen LogP contribution in [0.1, 0.15) is 33.7 Å². The quantitative estimate of drug-likeness (QED) is 0.902. The predicted molar refractivity (Wildman–Crippen MR) is 78.4 cm³/mol. The third-order valence-corrected chi connectivity index (χ3v) is 3.95. The molecule has 2 heterocycles. The summed E-state index contributed by atoms with van der Waals surface area (Å²) in [6.45, 7) is 2.87. The number of carboxylic acid groups (broad SMARTS) is 1. The van der Waals surface area contributed by atoms with Gasteiger partial charge in [0.2, 0.25) is 0 Å². The van der Waals surface area contributed by atoms with E-state index in [1.165, 1.54) is 18.3 Å². The van der Waals surface area contributed by atoms with Gasteiger partial charge in [0.1, 0.15) is 5.69 Å². The number of nitrogens with zero attached hydrogens (tertiary/aromatic N) is 3. The first-order chi connectivity index (χ1) is 9.97. The summed E-state index contributed by atoms with van der Waals surface area (Å²) in [6.07, 6.45) is 3.53. The first kappa shape index (κ1) is 15.4. The molecule has 0 aromatic carbocycles. The normalized spacial score (nSPS) is 16.7. The van der Waals surface area contributed by atoms with Gasteiger partial charge in [-0.3, -0.25) is 4.79 Å². The Bertz CT molecular complexity index is 507. The maximum absolute atomic E-state index is 12.3. The Kier molecular flexibility index (Phi) is 4.90. The van der Waals surface area contributed by atoms with Crippen molar-refractivity contribution in [2.45, 2.75) is 12.8 Å². The third-order valence-electron chi connectivity index (χ3n) is 3.95. The van der Waals surface area contributed by atoms with Crippen molar-refractivity contribution in [3.05, 3.63) is 29.6 Å². The van der Waals surface area contributed by atoms with Gasteiger partial charge in [0.25, 0.3) is 5.91 Å². The zero-order valence-corrected chi connectivity index (χ0v) is 12.5. The van der Waals surface area contributed by atoms with Gasteiger partial charge in [-0.25, -0.2) is 9.78 Å². The Morgan fingerprint density at radius 2 is 2.05 bits per heavy atom. The van der Waals surface area contributed by atoms with Crippen molar-refractivity contribution >= 4 is 11.9 Å². The van der Waals surface area contributed by atoms with E-state index in [9.17, 15) is 9.59 Å².